The van der Waals surface area contributed by atoms with Gasteiger partial charge in [-0.1, -0.05) is 13.0 Å². The molecule has 2 saturated carbocycles. The predicted octanol–water partition coefficient (Wildman–Crippen LogP) is 2.90. The molecule has 0 amide bonds. The van der Waals surface area contributed by atoms with E-state index in [9.17, 15) is 5.26 Å². The van der Waals surface area contributed by atoms with Gasteiger partial charge in [-0.15, -0.1) is 0 Å². The Morgan fingerprint density at radius 1 is 1.40 bits per heavy atom. The Morgan fingerprint density at radius 2 is 2.15 bits per heavy atom. The summed E-state index contributed by atoms with van der Waals surface area (Å²) in [5, 5.41) is 12.9. The summed E-state index contributed by atoms with van der Waals surface area (Å²) in [5.74, 6) is 1.66. The molecule has 2 unspecified atom stereocenters. The minimum absolute atomic E-state index is 0.708. The number of hydrogen-bond donors (Lipinski definition) is 1. The van der Waals surface area contributed by atoms with Crippen molar-refractivity contribution >= 4 is 5.69 Å². The third-order valence-corrected chi connectivity index (χ3v) is 4.55. The number of nitriles is 1. The van der Waals surface area contributed by atoms with Gasteiger partial charge in [0.25, 0.3) is 0 Å². The van der Waals surface area contributed by atoms with E-state index in [2.05, 4.69) is 42.4 Å². The van der Waals surface area contributed by atoms with Crippen LogP contribution in [0.25, 0.3) is 0 Å². The molecule has 0 aliphatic heterocycles. The number of nitrogens with zero attached hydrogens (tertiary/aromatic N) is 2. The minimum Gasteiger partial charge on any atom is -0.373 e. The lowest BCUT2D eigenvalue weighted by molar-refractivity contribution is 0.687. The van der Waals surface area contributed by atoms with E-state index < -0.39 is 0 Å². The van der Waals surface area contributed by atoms with Crippen molar-refractivity contribution in [3.63, 3.8) is 0 Å². The van der Waals surface area contributed by atoms with Gasteiger partial charge in [0.1, 0.15) is 6.07 Å². The van der Waals surface area contributed by atoms with Crippen molar-refractivity contribution in [1.29, 1.82) is 5.26 Å². The van der Waals surface area contributed by atoms with Crippen molar-refractivity contribution in [2.45, 2.75) is 38.8 Å². The van der Waals surface area contributed by atoms with Crippen LogP contribution in [0.2, 0.25) is 0 Å². The first kappa shape index (κ1) is 13.5. The highest BCUT2D eigenvalue weighted by atomic mass is 15.1. The fraction of sp³-hybridized carbons (Fsp3) is 0.588. The molecular weight excluding hydrogens is 246 g/mol. The van der Waals surface area contributed by atoms with Gasteiger partial charge in [0.05, 0.1) is 11.3 Å². The maximum absolute atomic E-state index is 9.39. The lowest BCUT2D eigenvalue weighted by Crippen LogP contribution is -2.22. The zero-order chi connectivity index (χ0) is 14.1. The average Bonchev–Trinajstić information content (AvgIpc) is 3.36. The van der Waals surface area contributed by atoms with E-state index in [1.54, 1.807) is 0 Å². The summed E-state index contributed by atoms with van der Waals surface area (Å²) >= 11 is 0. The summed E-state index contributed by atoms with van der Waals surface area (Å²) in [6, 6.07) is 9.36. The highest BCUT2D eigenvalue weighted by Crippen LogP contribution is 2.39. The molecule has 3 rings (SSSR count). The first-order chi connectivity index (χ1) is 9.67. The summed E-state index contributed by atoms with van der Waals surface area (Å²) in [6.07, 6.45) is 3.92. The van der Waals surface area contributed by atoms with Crippen molar-refractivity contribution in [1.82, 2.24) is 5.32 Å². The molecule has 1 aromatic rings. The van der Waals surface area contributed by atoms with Crippen molar-refractivity contribution in [2.75, 3.05) is 18.5 Å². The molecule has 1 N–H and O–H groups in total. The smallest absolute Gasteiger partial charge is 0.101 e. The van der Waals surface area contributed by atoms with Gasteiger partial charge in [0.15, 0.2) is 0 Å². The third-order valence-electron chi connectivity index (χ3n) is 4.55. The molecule has 3 nitrogen and oxygen atoms in total. The molecule has 20 heavy (non-hydrogen) atoms. The van der Waals surface area contributed by atoms with Crippen molar-refractivity contribution < 1.29 is 0 Å². The third kappa shape index (κ3) is 3.13. The number of hydrogen-bond acceptors (Lipinski definition) is 3. The van der Waals surface area contributed by atoms with Crippen LogP contribution in [0, 0.1) is 23.2 Å². The van der Waals surface area contributed by atoms with Crippen molar-refractivity contribution in [3.8, 4) is 6.07 Å². The van der Waals surface area contributed by atoms with E-state index in [1.807, 2.05) is 6.07 Å². The average molecular weight is 269 g/mol. The lowest BCUT2D eigenvalue weighted by atomic mass is 10.1. The Labute approximate surface area is 121 Å². The number of anilines is 1. The predicted molar refractivity (Wildman–Crippen MR) is 81.6 cm³/mol. The zero-order valence-electron chi connectivity index (χ0n) is 12.4. The molecule has 0 saturated heterocycles. The molecule has 3 heteroatoms. The molecule has 1 aromatic carbocycles. The maximum atomic E-state index is 9.39. The standard InChI is InChI=1S/C17H23N3/c1-12-7-15(12)11-20(2)17-6-3-13(8-14(17)9-18)10-19-16-4-5-16/h3,6,8,12,15-16,19H,4-5,7,10-11H2,1-2H3. The molecule has 2 fully saturated rings. The van der Waals surface area contributed by atoms with Crippen LogP contribution in [0.1, 0.15) is 37.3 Å². The monoisotopic (exact) mass is 269 g/mol. The molecular formula is C17H23N3. The van der Waals surface area contributed by atoms with Crippen LogP contribution >= 0.6 is 0 Å². The summed E-state index contributed by atoms with van der Waals surface area (Å²) in [6.45, 7) is 4.24. The van der Waals surface area contributed by atoms with Gasteiger partial charge < -0.3 is 10.2 Å². The van der Waals surface area contributed by atoms with Crippen LogP contribution in [-0.4, -0.2) is 19.6 Å². The van der Waals surface area contributed by atoms with Gasteiger partial charge in [0, 0.05) is 26.2 Å². The fourth-order valence-corrected chi connectivity index (χ4v) is 2.77. The van der Waals surface area contributed by atoms with Crippen LogP contribution in [0.5, 0.6) is 0 Å². The Morgan fingerprint density at radius 3 is 2.75 bits per heavy atom. The molecule has 0 bridgehead atoms. The summed E-state index contributed by atoms with van der Waals surface area (Å²) in [5.41, 5.74) is 3.09. The SMILES string of the molecule is CC1CC1CN(C)c1ccc(CNC2CC2)cc1C#N. The molecule has 106 valence electrons. The minimum atomic E-state index is 0.708. The van der Waals surface area contributed by atoms with Crippen molar-refractivity contribution in [3.05, 3.63) is 29.3 Å². The molecule has 0 heterocycles. The largest absolute Gasteiger partial charge is 0.373 e. The van der Waals surface area contributed by atoms with Crippen LogP contribution in [-0.2, 0) is 6.54 Å². The quantitative estimate of drug-likeness (QED) is 0.863. The van der Waals surface area contributed by atoms with E-state index in [1.165, 1.54) is 24.8 Å². The molecule has 2 aliphatic rings. The Balaban J connectivity index is 1.67. The maximum Gasteiger partial charge on any atom is 0.101 e. The molecule has 2 atom stereocenters. The highest BCUT2D eigenvalue weighted by molar-refractivity contribution is 5.60. The second-order valence-electron chi connectivity index (χ2n) is 6.47. The first-order valence-corrected chi connectivity index (χ1v) is 7.65. The Bertz CT molecular complexity index is 528. The Hall–Kier alpha value is -1.53. The van der Waals surface area contributed by atoms with Crippen LogP contribution in [0.15, 0.2) is 18.2 Å². The lowest BCUT2D eigenvalue weighted by Gasteiger charge is -2.21. The van der Waals surface area contributed by atoms with Crippen molar-refractivity contribution in [2.24, 2.45) is 11.8 Å². The fourth-order valence-electron chi connectivity index (χ4n) is 2.77. The summed E-state index contributed by atoms with van der Waals surface area (Å²) in [7, 11) is 2.10. The molecule has 0 spiro atoms. The van der Waals surface area contributed by atoms with Gasteiger partial charge >= 0.3 is 0 Å². The van der Waals surface area contributed by atoms with Gasteiger partial charge in [0.2, 0.25) is 0 Å². The summed E-state index contributed by atoms with van der Waals surface area (Å²) in [4.78, 5) is 2.24. The first-order valence-electron chi connectivity index (χ1n) is 7.65. The highest BCUT2D eigenvalue weighted by Gasteiger charge is 2.33. The number of nitrogens with one attached hydrogen (secondary N) is 1. The van der Waals surface area contributed by atoms with Crippen LogP contribution in [0.4, 0.5) is 5.69 Å². The van der Waals surface area contributed by atoms with Gasteiger partial charge in [-0.05, 0) is 48.8 Å². The number of benzene rings is 1. The zero-order valence-corrected chi connectivity index (χ0v) is 12.4. The van der Waals surface area contributed by atoms with E-state index in [0.29, 0.717) is 6.04 Å². The van der Waals surface area contributed by atoms with Gasteiger partial charge in [-0.25, -0.2) is 0 Å². The molecule has 0 aromatic heterocycles. The molecule has 0 radical (unpaired) electrons. The van der Waals surface area contributed by atoms with E-state index in [-0.39, 0.29) is 0 Å². The van der Waals surface area contributed by atoms with Gasteiger partial charge in [-0.2, -0.15) is 5.26 Å². The van der Waals surface area contributed by atoms with Crippen LogP contribution in [0.3, 0.4) is 0 Å². The normalized spacial score (nSPS) is 24.2. The Kier molecular flexibility index (Phi) is 3.67. The van der Waals surface area contributed by atoms with E-state index in [4.69, 9.17) is 0 Å². The molecule has 2 aliphatic carbocycles. The summed E-state index contributed by atoms with van der Waals surface area (Å²) < 4.78 is 0. The van der Waals surface area contributed by atoms with Gasteiger partial charge in [-0.3, -0.25) is 0 Å². The second kappa shape index (κ2) is 5.46. The second-order valence-corrected chi connectivity index (χ2v) is 6.47. The number of rotatable bonds is 6. The topological polar surface area (TPSA) is 39.1 Å². The van der Waals surface area contributed by atoms with E-state index in [0.717, 1.165) is 36.2 Å². The van der Waals surface area contributed by atoms with Crippen LogP contribution < -0.4 is 10.2 Å². The van der Waals surface area contributed by atoms with E-state index >= 15 is 0 Å².